The summed E-state index contributed by atoms with van der Waals surface area (Å²) in [5, 5.41) is 8.66. The zero-order chi connectivity index (χ0) is 16.4. The van der Waals surface area contributed by atoms with Gasteiger partial charge in [0, 0.05) is 18.2 Å². The monoisotopic (exact) mass is 323 g/mol. The largest absolute Gasteiger partial charge is 0.472 e. The van der Waals surface area contributed by atoms with Gasteiger partial charge in [-0.25, -0.2) is 0 Å². The lowest BCUT2D eigenvalue weighted by Crippen LogP contribution is -2.52. The molecule has 3 fully saturated rings. The second-order valence-corrected chi connectivity index (χ2v) is 7.00. The van der Waals surface area contributed by atoms with E-state index in [1.54, 1.807) is 0 Å². The van der Waals surface area contributed by atoms with Gasteiger partial charge in [0.1, 0.15) is 6.10 Å². The average Bonchev–Trinajstić information content (AvgIpc) is 2.64. The van der Waals surface area contributed by atoms with Gasteiger partial charge in [0.15, 0.2) is 0 Å². The third-order valence-corrected chi connectivity index (χ3v) is 5.30. The molecule has 0 N–H and O–H groups in total. The molecule has 0 saturated carbocycles. The van der Waals surface area contributed by atoms with Crippen molar-refractivity contribution in [1.82, 2.24) is 15.1 Å². The summed E-state index contributed by atoms with van der Waals surface area (Å²) in [5.41, 5.74) is 3.38. The SMILES string of the molecule is CCCc1ccc(-c2ccc(O[C@H]3CN4CCC3CC4)nn2)cc1. The van der Waals surface area contributed by atoms with Crippen molar-refractivity contribution >= 4 is 0 Å². The maximum Gasteiger partial charge on any atom is 0.233 e. The molecule has 0 radical (unpaired) electrons. The van der Waals surface area contributed by atoms with E-state index < -0.39 is 0 Å². The van der Waals surface area contributed by atoms with Crippen LogP contribution in [0.5, 0.6) is 5.88 Å². The summed E-state index contributed by atoms with van der Waals surface area (Å²) in [6.45, 7) is 5.69. The number of nitrogens with zero attached hydrogens (tertiary/aromatic N) is 3. The Morgan fingerprint density at radius 2 is 1.83 bits per heavy atom. The summed E-state index contributed by atoms with van der Waals surface area (Å²) in [6.07, 6.45) is 5.07. The molecule has 4 nitrogen and oxygen atoms in total. The minimum atomic E-state index is 0.279. The molecule has 0 amide bonds. The Bertz CT molecular complexity index is 660. The normalized spacial score (nSPS) is 25.6. The van der Waals surface area contributed by atoms with E-state index in [4.69, 9.17) is 4.74 Å². The van der Waals surface area contributed by atoms with Crippen molar-refractivity contribution in [2.24, 2.45) is 5.92 Å². The van der Waals surface area contributed by atoms with E-state index >= 15 is 0 Å². The Kier molecular flexibility index (Phi) is 4.48. The predicted octanol–water partition coefficient (Wildman–Crippen LogP) is 3.57. The van der Waals surface area contributed by atoms with Gasteiger partial charge in [-0.15, -0.1) is 10.2 Å². The van der Waals surface area contributed by atoms with Gasteiger partial charge in [0.25, 0.3) is 0 Å². The fourth-order valence-electron chi connectivity index (χ4n) is 3.87. The van der Waals surface area contributed by atoms with Gasteiger partial charge in [0.05, 0.1) is 5.69 Å². The maximum absolute atomic E-state index is 6.12. The van der Waals surface area contributed by atoms with Crippen molar-refractivity contribution in [3.05, 3.63) is 42.0 Å². The van der Waals surface area contributed by atoms with Crippen molar-refractivity contribution < 1.29 is 4.74 Å². The highest BCUT2D eigenvalue weighted by atomic mass is 16.5. The van der Waals surface area contributed by atoms with E-state index in [2.05, 4.69) is 46.3 Å². The van der Waals surface area contributed by atoms with E-state index in [1.165, 1.54) is 37.9 Å². The van der Waals surface area contributed by atoms with Gasteiger partial charge in [-0.1, -0.05) is 37.6 Å². The van der Waals surface area contributed by atoms with Crippen LogP contribution in [-0.4, -0.2) is 40.8 Å². The minimum Gasteiger partial charge on any atom is -0.472 e. The zero-order valence-electron chi connectivity index (χ0n) is 14.3. The van der Waals surface area contributed by atoms with Gasteiger partial charge in [-0.2, -0.15) is 0 Å². The fourth-order valence-corrected chi connectivity index (χ4v) is 3.87. The number of hydrogen-bond donors (Lipinski definition) is 0. The fraction of sp³-hybridized carbons (Fsp3) is 0.500. The minimum absolute atomic E-state index is 0.279. The molecule has 1 aromatic carbocycles. The molecule has 4 heteroatoms. The van der Waals surface area contributed by atoms with Crippen LogP contribution in [-0.2, 0) is 6.42 Å². The molecular formula is C20H25N3O. The molecule has 3 saturated heterocycles. The van der Waals surface area contributed by atoms with Gasteiger partial charge >= 0.3 is 0 Å². The van der Waals surface area contributed by atoms with Crippen LogP contribution in [0.15, 0.2) is 36.4 Å². The number of rotatable bonds is 5. The smallest absolute Gasteiger partial charge is 0.233 e. The van der Waals surface area contributed by atoms with Gasteiger partial charge < -0.3 is 4.74 Å². The van der Waals surface area contributed by atoms with Crippen molar-refractivity contribution in [2.75, 3.05) is 19.6 Å². The summed E-state index contributed by atoms with van der Waals surface area (Å²) in [7, 11) is 0. The number of piperidine rings is 3. The highest BCUT2D eigenvalue weighted by Gasteiger charge is 2.35. The lowest BCUT2D eigenvalue weighted by molar-refractivity contribution is -0.0103. The van der Waals surface area contributed by atoms with Crippen LogP contribution in [0.3, 0.4) is 0 Å². The van der Waals surface area contributed by atoms with Crippen LogP contribution in [0, 0.1) is 5.92 Å². The average molecular weight is 323 g/mol. The molecule has 126 valence electrons. The second kappa shape index (κ2) is 6.89. The number of ether oxygens (including phenoxy) is 1. The molecule has 1 atom stereocenters. The van der Waals surface area contributed by atoms with Gasteiger partial charge in [-0.3, -0.25) is 4.90 Å². The number of aryl methyl sites for hydroxylation is 1. The topological polar surface area (TPSA) is 38.2 Å². The number of hydrogen-bond acceptors (Lipinski definition) is 4. The highest BCUT2D eigenvalue weighted by Crippen LogP contribution is 2.30. The summed E-state index contributed by atoms with van der Waals surface area (Å²) in [4.78, 5) is 2.49. The summed E-state index contributed by atoms with van der Waals surface area (Å²) in [6, 6.07) is 12.6. The van der Waals surface area contributed by atoms with E-state index in [0.29, 0.717) is 11.8 Å². The maximum atomic E-state index is 6.12. The number of benzene rings is 1. The van der Waals surface area contributed by atoms with Crippen LogP contribution in [0.2, 0.25) is 0 Å². The first kappa shape index (κ1) is 15.6. The molecule has 4 heterocycles. The van der Waals surface area contributed by atoms with Crippen molar-refractivity contribution in [1.29, 1.82) is 0 Å². The summed E-state index contributed by atoms with van der Waals surface area (Å²) < 4.78 is 6.12. The molecule has 0 aliphatic carbocycles. The third-order valence-electron chi connectivity index (χ3n) is 5.30. The predicted molar refractivity (Wildman–Crippen MR) is 95.0 cm³/mol. The number of aromatic nitrogens is 2. The molecule has 2 aromatic rings. The molecule has 0 unspecified atom stereocenters. The van der Waals surface area contributed by atoms with Crippen molar-refractivity contribution in [2.45, 2.75) is 38.7 Å². The molecule has 2 bridgehead atoms. The van der Waals surface area contributed by atoms with Crippen LogP contribution in [0.1, 0.15) is 31.7 Å². The standard InChI is InChI=1S/C20H25N3O/c1-2-3-15-4-6-16(7-5-15)18-8-9-20(22-21-18)24-19-14-23-12-10-17(19)11-13-23/h4-9,17,19H,2-3,10-14H2,1H3/t19-/m0/s1. The van der Waals surface area contributed by atoms with Crippen LogP contribution >= 0.6 is 0 Å². The van der Waals surface area contributed by atoms with E-state index in [-0.39, 0.29) is 6.10 Å². The van der Waals surface area contributed by atoms with Gasteiger partial charge in [0.2, 0.25) is 5.88 Å². The zero-order valence-corrected chi connectivity index (χ0v) is 14.3. The molecule has 0 spiro atoms. The molecule has 24 heavy (non-hydrogen) atoms. The summed E-state index contributed by atoms with van der Waals surface area (Å²) in [5.74, 6) is 1.34. The molecule has 3 aliphatic rings. The summed E-state index contributed by atoms with van der Waals surface area (Å²) >= 11 is 0. The quantitative estimate of drug-likeness (QED) is 0.843. The van der Waals surface area contributed by atoms with Gasteiger partial charge in [-0.05, 0) is 49.9 Å². The lowest BCUT2D eigenvalue weighted by Gasteiger charge is -2.44. The van der Waals surface area contributed by atoms with E-state index in [0.717, 1.165) is 24.2 Å². The first-order chi connectivity index (χ1) is 11.8. The Morgan fingerprint density at radius 1 is 1.04 bits per heavy atom. The molecule has 5 rings (SSSR count). The van der Waals surface area contributed by atoms with E-state index in [1.807, 2.05) is 12.1 Å². The van der Waals surface area contributed by atoms with Crippen LogP contribution in [0.25, 0.3) is 11.3 Å². The molecule has 1 aromatic heterocycles. The van der Waals surface area contributed by atoms with Crippen LogP contribution < -0.4 is 4.74 Å². The Hall–Kier alpha value is -1.94. The Balaban J connectivity index is 1.42. The second-order valence-electron chi connectivity index (χ2n) is 7.00. The van der Waals surface area contributed by atoms with Crippen molar-refractivity contribution in [3.63, 3.8) is 0 Å². The van der Waals surface area contributed by atoms with Crippen molar-refractivity contribution in [3.8, 4) is 17.1 Å². The molecular weight excluding hydrogens is 298 g/mol. The highest BCUT2D eigenvalue weighted by molar-refractivity contribution is 5.59. The first-order valence-electron chi connectivity index (χ1n) is 9.14. The first-order valence-corrected chi connectivity index (χ1v) is 9.14. The third kappa shape index (κ3) is 3.29. The van der Waals surface area contributed by atoms with E-state index in [9.17, 15) is 0 Å². The Morgan fingerprint density at radius 3 is 2.42 bits per heavy atom. The van der Waals surface area contributed by atoms with Crippen LogP contribution in [0.4, 0.5) is 0 Å². The molecule has 3 aliphatic heterocycles. The number of fused-ring (bicyclic) bond motifs is 3. The Labute approximate surface area is 143 Å². The lowest BCUT2D eigenvalue weighted by atomic mass is 9.86.